The molecule has 0 aliphatic rings. The van der Waals surface area contributed by atoms with E-state index in [2.05, 4.69) is 31.2 Å². The average Bonchev–Trinajstić information content (AvgIpc) is 2.67. The van der Waals surface area contributed by atoms with Gasteiger partial charge in [0.2, 0.25) is 0 Å². The second-order valence-corrected chi connectivity index (χ2v) is 6.59. The van der Waals surface area contributed by atoms with Crippen molar-refractivity contribution < 1.29 is 15.0 Å². The SMILES string of the molecule is CC(CC(c1ccccc1)c1ccc(C(=O)O)c(O)c1)c1ccccc1. The third kappa shape index (κ3) is 3.94. The van der Waals surface area contributed by atoms with Crippen LogP contribution in [0.15, 0.2) is 78.9 Å². The fourth-order valence-corrected chi connectivity index (χ4v) is 3.37. The molecule has 2 atom stereocenters. The Hall–Kier alpha value is -3.07. The van der Waals surface area contributed by atoms with E-state index in [4.69, 9.17) is 5.11 Å². The molecule has 0 aliphatic carbocycles. The first kappa shape index (κ1) is 17.7. The molecule has 3 aromatic rings. The molecule has 0 fully saturated rings. The molecule has 132 valence electrons. The van der Waals surface area contributed by atoms with E-state index in [1.165, 1.54) is 11.6 Å². The maximum Gasteiger partial charge on any atom is 0.339 e. The second kappa shape index (κ2) is 7.87. The van der Waals surface area contributed by atoms with Crippen LogP contribution in [0, 0.1) is 0 Å². The average molecular weight is 346 g/mol. The Morgan fingerprint density at radius 2 is 1.42 bits per heavy atom. The molecule has 3 nitrogen and oxygen atoms in total. The smallest absolute Gasteiger partial charge is 0.339 e. The summed E-state index contributed by atoms with van der Waals surface area (Å²) in [5.41, 5.74) is 3.26. The molecule has 0 radical (unpaired) electrons. The van der Waals surface area contributed by atoms with E-state index in [1.54, 1.807) is 12.1 Å². The summed E-state index contributed by atoms with van der Waals surface area (Å²) < 4.78 is 0. The van der Waals surface area contributed by atoms with Crippen molar-refractivity contribution in [3.8, 4) is 5.75 Å². The summed E-state index contributed by atoms with van der Waals surface area (Å²) in [7, 11) is 0. The lowest BCUT2D eigenvalue weighted by atomic mass is 9.81. The van der Waals surface area contributed by atoms with Crippen molar-refractivity contribution in [2.75, 3.05) is 0 Å². The summed E-state index contributed by atoms with van der Waals surface area (Å²) in [6, 6.07) is 25.3. The Kier molecular flexibility index (Phi) is 5.37. The lowest BCUT2D eigenvalue weighted by molar-refractivity contribution is 0.0693. The van der Waals surface area contributed by atoms with Gasteiger partial charge in [0.15, 0.2) is 0 Å². The van der Waals surface area contributed by atoms with Crippen LogP contribution < -0.4 is 0 Å². The van der Waals surface area contributed by atoms with E-state index in [9.17, 15) is 9.90 Å². The van der Waals surface area contributed by atoms with E-state index < -0.39 is 5.97 Å². The molecule has 3 heteroatoms. The van der Waals surface area contributed by atoms with Crippen LogP contribution in [0.25, 0.3) is 0 Å². The zero-order chi connectivity index (χ0) is 18.5. The Morgan fingerprint density at radius 3 is 1.96 bits per heavy atom. The molecular formula is C23H22O3. The van der Waals surface area contributed by atoms with Gasteiger partial charge in [-0.15, -0.1) is 0 Å². The van der Waals surface area contributed by atoms with Gasteiger partial charge in [0.25, 0.3) is 0 Å². The van der Waals surface area contributed by atoms with Crippen molar-refractivity contribution in [1.29, 1.82) is 0 Å². The third-order valence-corrected chi connectivity index (χ3v) is 4.81. The second-order valence-electron chi connectivity index (χ2n) is 6.59. The lowest BCUT2D eigenvalue weighted by Crippen LogP contribution is -2.07. The summed E-state index contributed by atoms with van der Waals surface area (Å²) in [6.07, 6.45) is 0.861. The molecule has 0 heterocycles. The Morgan fingerprint density at radius 1 is 0.846 bits per heavy atom. The highest BCUT2D eigenvalue weighted by atomic mass is 16.4. The molecular weight excluding hydrogens is 324 g/mol. The summed E-state index contributed by atoms with van der Waals surface area (Å²) in [5, 5.41) is 19.3. The first-order chi connectivity index (χ1) is 12.6. The van der Waals surface area contributed by atoms with Gasteiger partial charge in [-0.1, -0.05) is 73.7 Å². The molecule has 2 N–H and O–H groups in total. The third-order valence-electron chi connectivity index (χ3n) is 4.81. The fraction of sp³-hybridized carbons (Fsp3) is 0.174. The minimum atomic E-state index is -1.12. The predicted octanol–water partition coefficient (Wildman–Crippen LogP) is 5.42. The van der Waals surface area contributed by atoms with Crippen molar-refractivity contribution in [2.45, 2.75) is 25.2 Å². The van der Waals surface area contributed by atoms with Crippen LogP contribution in [0.2, 0.25) is 0 Å². The summed E-state index contributed by atoms with van der Waals surface area (Å²) >= 11 is 0. The van der Waals surface area contributed by atoms with Crippen LogP contribution >= 0.6 is 0 Å². The van der Waals surface area contributed by atoms with Gasteiger partial charge < -0.3 is 10.2 Å². The Bertz CT molecular complexity index is 872. The number of carboxylic acid groups (broad SMARTS) is 1. The Balaban J connectivity index is 1.97. The Labute approximate surface area is 153 Å². The number of phenols is 1. The van der Waals surface area contributed by atoms with Crippen LogP contribution in [0.4, 0.5) is 0 Å². The number of aromatic hydroxyl groups is 1. The summed E-state index contributed by atoms with van der Waals surface area (Å²) in [5.74, 6) is -0.922. The van der Waals surface area contributed by atoms with Crippen molar-refractivity contribution in [1.82, 2.24) is 0 Å². The number of rotatable bonds is 6. The first-order valence-corrected chi connectivity index (χ1v) is 8.72. The maximum atomic E-state index is 11.2. The van der Waals surface area contributed by atoms with Crippen molar-refractivity contribution in [2.24, 2.45) is 0 Å². The van der Waals surface area contributed by atoms with Gasteiger partial charge >= 0.3 is 5.97 Å². The molecule has 3 rings (SSSR count). The van der Waals surface area contributed by atoms with Gasteiger partial charge in [0.05, 0.1) is 0 Å². The van der Waals surface area contributed by atoms with E-state index in [0.29, 0.717) is 5.92 Å². The normalized spacial score (nSPS) is 13.1. The molecule has 3 aromatic carbocycles. The van der Waals surface area contributed by atoms with Crippen molar-refractivity contribution in [3.05, 3.63) is 101 Å². The van der Waals surface area contributed by atoms with E-state index in [1.807, 2.05) is 36.4 Å². The van der Waals surface area contributed by atoms with Gasteiger partial charge in [0, 0.05) is 5.92 Å². The van der Waals surface area contributed by atoms with Crippen LogP contribution in [-0.4, -0.2) is 16.2 Å². The molecule has 0 aromatic heterocycles. The molecule has 0 saturated carbocycles. The van der Waals surface area contributed by atoms with Crippen LogP contribution in [0.1, 0.15) is 52.2 Å². The minimum Gasteiger partial charge on any atom is -0.507 e. The van der Waals surface area contributed by atoms with Gasteiger partial charge in [-0.25, -0.2) is 4.79 Å². The molecule has 0 aliphatic heterocycles. The van der Waals surface area contributed by atoms with Crippen LogP contribution in [0.3, 0.4) is 0 Å². The highest BCUT2D eigenvalue weighted by Crippen LogP contribution is 2.36. The number of hydrogen-bond acceptors (Lipinski definition) is 2. The molecule has 26 heavy (non-hydrogen) atoms. The number of carboxylic acids is 1. The molecule has 0 saturated heterocycles. The van der Waals surface area contributed by atoms with Crippen molar-refractivity contribution >= 4 is 5.97 Å². The van der Waals surface area contributed by atoms with Crippen LogP contribution in [0.5, 0.6) is 5.75 Å². The zero-order valence-electron chi connectivity index (χ0n) is 14.7. The minimum absolute atomic E-state index is 0.0696. The lowest BCUT2D eigenvalue weighted by Gasteiger charge is -2.23. The van der Waals surface area contributed by atoms with Gasteiger partial charge in [-0.2, -0.15) is 0 Å². The molecule has 0 amide bonds. The topological polar surface area (TPSA) is 57.5 Å². The first-order valence-electron chi connectivity index (χ1n) is 8.72. The number of carbonyl (C=O) groups is 1. The fourth-order valence-electron chi connectivity index (χ4n) is 3.37. The highest BCUT2D eigenvalue weighted by Gasteiger charge is 2.20. The van der Waals surface area contributed by atoms with E-state index in [-0.39, 0.29) is 17.2 Å². The molecule has 2 unspecified atom stereocenters. The number of aromatic carboxylic acids is 1. The number of hydrogen-bond donors (Lipinski definition) is 2. The zero-order valence-corrected chi connectivity index (χ0v) is 14.7. The van der Waals surface area contributed by atoms with E-state index >= 15 is 0 Å². The largest absolute Gasteiger partial charge is 0.507 e. The maximum absolute atomic E-state index is 11.2. The molecule has 0 bridgehead atoms. The monoisotopic (exact) mass is 346 g/mol. The highest BCUT2D eigenvalue weighted by molar-refractivity contribution is 5.90. The quantitative estimate of drug-likeness (QED) is 0.627. The summed E-state index contributed by atoms with van der Waals surface area (Å²) in [6.45, 7) is 2.19. The predicted molar refractivity (Wildman–Crippen MR) is 103 cm³/mol. The van der Waals surface area contributed by atoms with Crippen molar-refractivity contribution in [3.63, 3.8) is 0 Å². The number of benzene rings is 3. The van der Waals surface area contributed by atoms with Gasteiger partial charge in [0.1, 0.15) is 11.3 Å². The molecule has 0 spiro atoms. The standard InChI is InChI=1S/C23H22O3/c1-16(17-8-4-2-5-9-17)14-21(18-10-6-3-7-11-18)19-12-13-20(23(25)26)22(24)15-19/h2-13,15-16,21,24H,14H2,1H3,(H,25,26). The van der Waals surface area contributed by atoms with Gasteiger partial charge in [-0.05, 0) is 41.2 Å². The van der Waals surface area contributed by atoms with Gasteiger partial charge in [-0.3, -0.25) is 0 Å². The van der Waals surface area contributed by atoms with E-state index in [0.717, 1.165) is 17.5 Å². The summed E-state index contributed by atoms with van der Waals surface area (Å²) in [4.78, 5) is 11.2. The van der Waals surface area contributed by atoms with Crippen LogP contribution in [-0.2, 0) is 0 Å².